The molecule has 3 aromatic carbocycles. The van der Waals surface area contributed by atoms with Crippen LogP contribution < -0.4 is 0 Å². The molecule has 0 saturated heterocycles. The van der Waals surface area contributed by atoms with E-state index in [9.17, 15) is 27.1 Å². The van der Waals surface area contributed by atoms with Crippen LogP contribution in [0, 0.1) is 29.1 Å². The maximum absolute atomic E-state index is 13.9. The second-order valence-corrected chi connectivity index (χ2v) is 10.4. The molecule has 0 atom stereocenters. The molecule has 33 heavy (non-hydrogen) atoms. The molecule has 0 fully saturated rings. The number of phenols is 1. The molecule has 3 aromatic rings. The average Bonchev–Trinajstić information content (AvgIpc) is 2.77. The standard InChI is InChI=1S/C23H18F5NO.2ClH.Ti/c1-23(2,3)14-9-13(22(30)15(10-14)12-7-5-4-6-8-12)11-29-21-19(27)17(25)16(24)18(26)20(21)28;;;/h4-11,30H,1-3H3;2*1H;/q;;;+2/p-2. The second kappa shape index (κ2) is 11.5. The van der Waals surface area contributed by atoms with Gasteiger partial charge < -0.3 is 5.11 Å². The Morgan fingerprint density at radius 2 is 1.33 bits per heavy atom. The van der Waals surface area contributed by atoms with Crippen molar-refractivity contribution in [3.63, 3.8) is 0 Å². The molecule has 3 rings (SSSR count). The summed E-state index contributed by atoms with van der Waals surface area (Å²) in [4.78, 5) is 3.48. The number of halogens is 7. The number of rotatable bonds is 3. The SMILES string of the molecule is CC(C)(C)c1cc(C=Nc2c(F)c(F)c(F)c(F)c2F)c(O)c(-c2ccccc2)c1.[Cl][Ti][Cl]. The van der Waals surface area contributed by atoms with E-state index in [0.29, 0.717) is 11.1 Å². The molecule has 2 nitrogen and oxygen atoms in total. The third kappa shape index (κ3) is 6.35. The first-order valence-corrected chi connectivity index (χ1v) is 13.7. The summed E-state index contributed by atoms with van der Waals surface area (Å²) in [6, 6.07) is 12.2. The Balaban J connectivity index is 0.00000122. The summed E-state index contributed by atoms with van der Waals surface area (Å²) in [5, 5.41) is 10.7. The van der Waals surface area contributed by atoms with Crippen molar-refractivity contribution in [2.24, 2.45) is 4.99 Å². The number of aromatic hydroxyl groups is 1. The molecule has 0 aliphatic heterocycles. The van der Waals surface area contributed by atoms with Gasteiger partial charge in [0, 0.05) is 17.3 Å². The number of hydrogen-bond donors (Lipinski definition) is 1. The molecular weight excluding hydrogens is 520 g/mol. The van der Waals surface area contributed by atoms with Crippen molar-refractivity contribution in [3.05, 3.63) is 82.7 Å². The zero-order valence-corrected chi connectivity index (χ0v) is 20.7. The van der Waals surface area contributed by atoms with Gasteiger partial charge in [0.05, 0.1) is 0 Å². The van der Waals surface area contributed by atoms with Gasteiger partial charge in [-0.1, -0.05) is 51.1 Å². The van der Waals surface area contributed by atoms with Crippen molar-refractivity contribution in [3.8, 4) is 16.9 Å². The fraction of sp³-hybridized carbons (Fsp3) is 0.174. The third-order valence-electron chi connectivity index (χ3n) is 4.61. The number of phenolic OH excluding ortho intramolecular Hbond substituents is 1. The van der Waals surface area contributed by atoms with E-state index in [1.165, 1.54) is 0 Å². The fourth-order valence-corrected chi connectivity index (χ4v) is 2.87. The Morgan fingerprint density at radius 3 is 1.82 bits per heavy atom. The molecule has 0 aliphatic carbocycles. The molecule has 0 heterocycles. The van der Waals surface area contributed by atoms with Gasteiger partial charge in [0.1, 0.15) is 11.4 Å². The first-order chi connectivity index (χ1) is 15.4. The van der Waals surface area contributed by atoms with Crippen LogP contribution in [-0.4, -0.2) is 11.3 Å². The molecule has 0 saturated carbocycles. The van der Waals surface area contributed by atoms with E-state index in [0.717, 1.165) is 11.8 Å². The van der Waals surface area contributed by atoms with Crippen molar-refractivity contribution in [1.82, 2.24) is 0 Å². The normalized spacial score (nSPS) is 11.3. The second-order valence-electron chi connectivity index (χ2n) is 7.83. The molecule has 10 heteroatoms. The molecule has 0 unspecified atom stereocenters. The predicted octanol–water partition coefficient (Wildman–Crippen LogP) is 8.18. The zero-order chi connectivity index (χ0) is 24.9. The first-order valence-electron chi connectivity index (χ1n) is 9.38. The van der Waals surface area contributed by atoms with E-state index in [-0.39, 0.29) is 16.7 Å². The van der Waals surface area contributed by atoms with Gasteiger partial charge in [-0.05, 0) is 28.7 Å². The molecule has 0 bridgehead atoms. The summed E-state index contributed by atoms with van der Waals surface area (Å²) in [6.45, 7) is 5.79. The van der Waals surface area contributed by atoms with E-state index in [4.69, 9.17) is 18.6 Å². The van der Waals surface area contributed by atoms with Crippen LogP contribution >= 0.6 is 18.6 Å². The number of benzene rings is 3. The maximum atomic E-state index is 13.9. The Labute approximate surface area is 204 Å². The summed E-state index contributed by atoms with van der Waals surface area (Å²) in [7, 11) is 9.78. The minimum atomic E-state index is -2.26. The van der Waals surface area contributed by atoms with Gasteiger partial charge in [-0.15, -0.1) is 0 Å². The monoisotopic (exact) mass is 537 g/mol. The summed E-state index contributed by atoms with van der Waals surface area (Å²) in [5.74, 6) is -10.7. The van der Waals surface area contributed by atoms with E-state index in [1.807, 2.05) is 20.8 Å². The fourth-order valence-electron chi connectivity index (χ4n) is 2.87. The van der Waals surface area contributed by atoms with E-state index in [1.54, 1.807) is 42.5 Å². The van der Waals surface area contributed by atoms with Gasteiger partial charge in [0.25, 0.3) is 0 Å². The van der Waals surface area contributed by atoms with Gasteiger partial charge >= 0.3 is 35.6 Å². The van der Waals surface area contributed by atoms with Crippen molar-refractivity contribution >= 4 is 30.5 Å². The molecule has 0 spiro atoms. The Bertz CT molecular complexity index is 1140. The molecule has 0 radical (unpaired) electrons. The molecular formula is C23H18Cl2F5NOTi. The van der Waals surface area contributed by atoms with Crippen molar-refractivity contribution < 1.29 is 44.1 Å². The van der Waals surface area contributed by atoms with E-state index >= 15 is 0 Å². The van der Waals surface area contributed by atoms with Crippen LogP contribution in [0.4, 0.5) is 27.6 Å². The topological polar surface area (TPSA) is 32.6 Å². The Kier molecular flexibility index (Phi) is 9.50. The van der Waals surface area contributed by atoms with Crippen LogP contribution in [0.15, 0.2) is 47.5 Å². The van der Waals surface area contributed by atoms with Gasteiger partial charge in [0.15, 0.2) is 23.3 Å². The number of hydrogen-bond acceptors (Lipinski definition) is 2. The van der Waals surface area contributed by atoms with Gasteiger partial charge in [-0.25, -0.2) is 26.9 Å². The van der Waals surface area contributed by atoms with Crippen LogP contribution in [0.2, 0.25) is 0 Å². The quantitative estimate of drug-likeness (QED) is 0.118. The van der Waals surface area contributed by atoms with Crippen LogP contribution in [0.5, 0.6) is 5.75 Å². The van der Waals surface area contributed by atoms with Gasteiger partial charge in [-0.3, -0.25) is 0 Å². The zero-order valence-electron chi connectivity index (χ0n) is 17.7. The molecule has 0 aromatic heterocycles. The molecule has 0 aliphatic rings. The van der Waals surface area contributed by atoms with Crippen LogP contribution in [0.25, 0.3) is 11.1 Å². The molecule has 0 amide bonds. The average molecular weight is 538 g/mol. The summed E-state index contributed by atoms with van der Waals surface area (Å²) >= 11 is -0.556. The summed E-state index contributed by atoms with van der Waals surface area (Å²) in [5.41, 5.74) is 0.301. The van der Waals surface area contributed by atoms with Crippen LogP contribution in [-0.2, 0) is 22.4 Å². The van der Waals surface area contributed by atoms with Gasteiger partial charge in [0.2, 0.25) is 5.82 Å². The summed E-state index contributed by atoms with van der Waals surface area (Å²) < 4.78 is 67.9. The Morgan fingerprint density at radius 1 is 0.848 bits per heavy atom. The van der Waals surface area contributed by atoms with Gasteiger partial charge in [-0.2, -0.15) is 0 Å². The van der Waals surface area contributed by atoms with Crippen molar-refractivity contribution in [1.29, 1.82) is 0 Å². The molecule has 1 N–H and O–H groups in total. The number of aliphatic imine (C=N–C) groups is 1. The Hall–Kier alpha value is -1.93. The van der Waals surface area contributed by atoms with E-state index in [2.05, 4.69) is 4.99 Å². The minimum absolute atomic E-state index is 0.0743. The van der Waals surface area contributed by atoms with Crippen LogP contribution in [0.3, 0.4) is 0 Å². The summed E-state index contributed by atoms with van der Waals surface area (Å²) in [6.07, 6.45) is 0.884. The van der Waals surface area contributed by atoms with Crippen molar-refractivity contribution in [2.45, 2.75) is 26.2 Å². The predicted molar refractivity (Wildman–Crippen MR) is 117 cm³/mol. The first kappa shape index (κ1) is 27.3. The van der Waals surface area contributed by atoms with Crippen molar-refractivity contribution in [2.75, 3.05) is 0 Å². The van der Waals surface area contributed by atoms with Crippen LogP contribution in [0.1, 0.15) is 31.9 Å². The van der Waals surface area contributed by atoms with E-state index < -0.39 is 51.8 Å². The molecule has 174 valence electrons. The third-order valence-corrected chi connectivity index (χ3v) is 4.61. The number of nitrogens with zero attached hydrogens (tertiary/aromatic N) is 1.